The second-order valence-corrected chi connectivity index (χ2v) is 4.81. The average Bonchev–Trinajstić information content (AvgIpc) is 2.90. The van der Waals surface area contributed by atoms with Crippen LogP contribution in [0.4, 0.5) is 11.6 Å². The van der Waals surface area contributed by atoms with Gasteiger partial charge in [-0.15, -0.1) is 0 Å². The molecule has 0 atom stereocenters. The van der Waals surface area contributed by atoms with Crippen LogP contribution in [0.1, 0.15) is 0 Å². The quantitative estimate of drug-likeness (QED) is 0.660. The van der Waals surface area contributed by atoms with Crippen LogP contribution < -0.4 is 10.6 Å². The highest BCUT2D eigenvalue weighted by Crippen LogP contribution is 2.33. The molecule has 0 aliphatic heterocycles. The lowest BCUT2D eigenvalue weighted by atomic mass is 10.1. The largest absolute Gasteiger partial charge is 0.480 e. The zero-order chi connectivity index (χ0) is 15.7. The third-order valence-corrected chi connectivity index (χ3v) is 3.29. The molecule has 0 aromatic carbocycles. The molecule has 0 radical (unpaired) electrons. The van der Waals surface area contributed by atoms with Gasteiger partial charge in [0.05, 0.1) is 16.8 Å². The number of aromatic nitrogens is 4. The van der Waals surface area contributed by atoms with Gasteiger partial charge in [-0.2, -0.15) is 0 Å². The molecule has 0 bridgehead atoms. The Morgan fingerprint density at radius 1 is 1.36 bits per heavy atom. The topological polar surface area (TPSA) is 121 Å². The molecule has 3 aromatic heterocycles. The number of rotatable bonds is 4. The predicted molar refractivity (Wildman–Crippen MR) is 82.4 cm³/mol. The fourth-order valence-electron chi connectivity index (χ4n) is 2.37. The van der Waals surface area contributed by atoms with Crippen molar-refractivity contribution in [2.75, 3.05) is 24.2 Å². The molecule has 0 unspecified atom stereocenters. The highest BCUT2D eigenvalue weighted by atomic mass is 16.4. The molecule has 0 saturated heterocycles. The maximum atomic E-state index is 11.0. The number of carbonyl (C=O) groups is 1. The van der Waals surface area contributed by atoms with Crippen LogP contribution in [0.2, 0.25) is 0 Å². The van der Waals surface area contributed by atoms with Crippen molar-refractivity contribution in [3.8, 4) is 11.3 Å². The summed E-state index contributed by atoms with van der Waals surface area (Å²) in [6.07, 6.45) is 4.98. The van der Waals surface area contributed by atoms with E-state index in [2.05, 4.69) is 19.9 Å². The molecule has 8 heteroatoms. The summed E-state index contributed by atoms with van der Waals surface area (Å²) < 4.78 is 0. The number of carboxylic acids is 1. The van der Waals surface area contributed by atoms with Gasteiger partial charge < -0.3 is 20.7 Å². The SMILES string of the molecule is CN(CC(=O)O)c1ccnc2[nH]cc(-c3ccnc(N)n3)c12. The van der Waals surface area contributed by atoms with E-state index in [-0.39, 0.29) is 12.5 Å². The summed E-state index contributed by atoms with van der Waals surface area (Å²) in [6.45, 7) is -0.115. The lowest BCUT2D eigenvalue weighted by Gasteiger charge is -2.18. The molecule has 3 heterocycles. The lowest BCUT2D eigenvalue weighted by Crippen LogP contribution is -2.25. The Balaban J connectivity index is 2.18. The Morgan fingerprint density at radius 3 is 2.86 bits per heavy atom. The number of nitrogen functional groups attached to an aromatic ring is 1. The van der Waals surface area contributed by atoms with Crippen molar-refractivity contribution in [2.24, 2.45) is 0 Å². The van der Waals surface area contributed by atoms with Crippen LogP contribution in [0.5, 0.6) is 0 Å². The maximum absolute atomic E-state index is 11.0. The molecule has 0 amide bonds. The number of aromatic amines is 1. The Morgan fingerprint density at radius 2 is 2.14 bits per heavy atom. The van der Waals surface area contributed by atoms with Gasteiger partial charge in [-0.3, -0.25) is 4.79 Å². The first-order valence-electron chi connectivity index (χ1n) is 6.54. The summed E-state index contributed by atoms with van der Waals surface area (Å²) in [7, 11) is 1.72. The smallest absolute Gasteiger partial charge is 0.323 e. The van der Waals surface area contributed by atoms with Crippen molar-refractivity contribution in [1.29, 1.82) is 0 Å². The minimum atomic E-state index is -0.907. The van der Waals surface area contributed by atoms with Gasteiger partial charge in [-0.05, 0) is 12.1 Å². The van der Waals surface area contributed by atoms with E-state index in [1.54, 1.807) is 42.7 Å². The zero-order valence-electron chi connectivity index (χ0n) is 11.8. The number of anilines is 2. The second-order valence-electron chi connectivity index (χ2n) is 4.81. The molecule has 0 fully saturated rings. The number of fused-ring (bicyclic) bond motifs is 1. The molecule has 0 aliphatic rings. The van der Waals surface area contributed by atoms with Crippen LogP contribution in [0.25, 0.3) is 22.3 Å². The van der Waals surface area contributed by atoms with Crippen molar-refractivity contribution >= 4 is 28.6 Å². The summed E-state index contributed by atoms with van der Waals surface area (Å²) in [4.78, 5) is 28.0. The number of nitrogens with zero attached hydrogens (tertiary/aromatic N) is 4. The maximum Gasteiger partial charge on any atom is 0.323 e. The van der Waals surface area contributed by atoms with Crippen LogP contribution >= 0.6 is 0 Å². The van der Waals surface area contributed by atoms with Gasteiger partial charge in [-0.1, -0.05) is 0 Å². The number of H-pyrrole nitrogens is 1. The number of aliphatic carboxylic acids is 1. The van der Waals surface area contributed by atoms with Gasteiger partial charge in [0.1, 0.15) is 12.2 Å². The van der Waals surface area contributed by atoms with Crippen molar-refractivity contribution in [1.82, 2.24) is 19.9 Å². The predicted octanol–water partition coefficient (Wildman–Crippen LogP) is 1.12. The second kappa shape index (κ2) is 5.32. The Bertz CT molecular complexity index is 844. The van der Waals surface area contributed by atoms with Gasteiger partial charge in [-0.25, -0.2) is 15.0 Å². The zero-order valence-corrected chi connectivity index (χ0v) is 11.8. The molecule has 0 aliphatic carbocycles. The average molecular weight is 298 g/mol. The van der Waals surface area contributed by atoms with Crippen LogP contribution in [0.3, 0.4) is 0 Å². The minimum absolute atomic E-state index is 0.115. The van der Waals surface area contributed by atoms with Gasteiger partial charge in [0.2, 0.25) is 5.95 Å². The fraction of sp³-hybridized carbons (Fsp3) is 0.143. The monoisotopic (exact) mass is 298 g/mol. The standard InChI is InChI=1S/C14H14N6O2/c1-20(7-11(21)22)10-3-5-16-13-12(10)8(6-18-13)9-2-4-17-14(15)19-9/h2-6H,7H2,1H3,(H,16,18)(H,21,22)(H2,15,17,19). The van der Waals surface area contributed by atoms with Crippen LogP contribution in [-0.2, 0) is 4.79 Å². The molecule has 22 heavy (non-hydrogen) atoms. The number of pyridine rings is 1. The Kier molecular flexibility index (Phi) is 3.34. The Hall–Kier alpha value is -3.16. The van der Waals surface area contributed by atoms with E-state index in [0.717, 1.165) is 16.6 Å². The highest BCUT2D eigenvalue weighted by Gasteiger charge is 2.16. The molecule has 3 rings (SSSR count). The highest BCUT2D eigenvalue weighted by molar-refractivity contribution is 6.02. The van der Waals surface area contributed by atoms with E-state index >= 15 is 0 Å². The first-order chi connectivity index (χ1) is 10.6. The number of carboxylic acid groups (broad SMARTS) is 1. The molecule has 8 nitrogen and oxygen atoms in total. The summed E-state index contributed by atoms with van der Waals surface area (Å²) in [5.74, 6) is -0.730. The molecule has 3 aromatic rings. The van der Waals surface area contributed by atoms with Crippen LogP contribution in [0, 0.1) is 0 Å². The van der Waals surface area contributed by atoms with E-state index in [1.807, 2.05) is 0 Å². The van der Waals surface area contributed by atoms with Gasteiger partial charge in [0.25, 0.3) is 0 Å². The van der Waals surface area contributed by atoms with Gasteiger partial charge in [0, 0.05) is 31.2 Å². The van der Waals surface area contributed by atoms with Gasteiger partial charge in [0.15, 0.2) is 0 Å². The lowest BCUT2D eigenvalue weighted by molar-refractivity contribution is -0.135. The van der Waals surface area contributed by atoms with Crippen molar-refractivity contribution in [2.45, 2.75) is 0 Å². The molecule has 0 saturated carbocycles. The van der Waals surface area contributed by atoms with Crippen molar-refractivity contribution in [3.05, 3.63) is 30.7 Å². The third kappa shape index (κ3) is 2.41. The molecule has 0 spiro atoms. The van der Waals surface area contributed by atoms with Crippen LogP contribution in [-0.4, -0.2) is 44.6 Å². The van der Waals surface area contributed by atoms with Crippen molar-refractivity contribution in [3.63, 3.8) is 0 Å². The summed E-state index contributed by atoms with van der Waals surface area (Å²) >= 11 is 0. The molecular formula is C14H14N6O2. The summed E-state index contributed by atoms with van der Waals surface area (Å²) in [5.41, 5.74) is 8.49. The molecule has 4 N–H and O–H groups in total. The molecular weight excluding hydrogens is 284 g/mol. The number of nitrogens with two attached hydrogens (primary N) is 1. The number of hydrogen-bond acceptors (Lipinski definition) is 6. The van der Waals surface area contributed by atoms with Gasteiger partial charge >= 0.3 is 5.97 Å². The van der Waals surface area contributed by atoms with Crippen LogP contribution in [0.15, 0.2) is 30.7 Å². The third-order valence-electron chi connectivity index (χ3n) is 3.29. The van der Waals surface area contributed by atoms with E-state index in [1.165, 1.54) is 0 Å². The molecule has 112 valence electrons. The van der Waals surface area contributed by atoms with E-state index < -0.39 is 5.97 Å². The first-order valence-corrected chi connectivity index (χ1v) is 6.54. The first kappa shape index (κ1) is 13.8. The van der Waals surface area contributed by atoms with E-state index in [9.17, 15) is 4.79 Å². The number of likely N-dealkylation sites (N-methyl/N-ethyl adjacent to an activating group) is 1. The number of nitrogens with one attached hydrogen (secondary N) is 1. The number of hydrogen-bond donors (Lipinski definition) is 3. The fourth-order valence-corrected chi connectivity index (χ4v) is 2.37. The minimum Gasteiger partial charge on any atom is -0.480 e. The van der Waals surface area contributed by atoms with Crippen molar-refractivity contribution < 1.29 is 9.90 Å². The van der Waals surface area contributed by atoms with E-state index in [4.69, 9.17) is 10.8 Å². The normalized spacial score (nSPS) is 10.8. The summed E-state index contributed by atoms with van der Waals surface area (Å²) in [5, 5.41) is 9.78. The Labute approximate surface area is 125 Å². The van der Waals surface area contributed by atoms with E-state index in [0.29, 0.717) is 11.3 Å². The summed E-state index contributed by atoms with van der Waals surface area (Å²) in [6, 6.07) is 3.51.